The Morgan fingerprint density at radius 1 is 1.39 bits per heavy atom. The predicted molar refractivity (Wildman–Crippen MR) is 66.2 cm³/mol. The molecule has 0 spiro atoms. The fourth-order valence-corrected chi connectivity index (χ4v) is 1.26. The lowest BCUT2D eigenvalue weighted by Crippen LogP contribution is -2.13. The molecule has 0 unspecified atom stereocenters. The van der Waals surface area contributed by atoms with Gasteiger partial charge in [-0.2, -0.15) is 0 Å². The zero-order chi connectivity index (χ0) is 13.5. The molecular weight excluding hydrogens is 235 g/mol. The molecule has 0 radical (unpaired) electrons. The van der Waals surface area contributed by atoms with E-state index in [1.807, 2.05) is 0 Å². The van der Waals surface area contributed by atoms with Crippen LogP contribution in [0.4, 0.5) is 4.39 Å². The van der Waals surface area contributed by atoms with E-state index in [4.69, 9.17) is 4.74 Å². The fraction of sp³-hybridized carbons (Fsp3) is 0.143. The number of ketones is 1. The zero-order valence-electron chi connectivity index (χ0n) is 9.98. The highest BCUT2D eigenvalue weighted by molar-refractivity contribution is 6.19. The normalized spacial score (nSPS) is 10.9. The summed E-state index contributed by atoms with van der Waals surface area (Å²) in [7, 11) is 0. The van der Waals surface area contributed by atoms with Crippen LogP contribution in [-0.4, -0.2) is 18.4 Å². The lowest BCUT2D eigenvalue weighted by Gasteiger charge is -2.04. The van der Waals surface area contributed by atoms with E-state index in [1.165, 1.54) is 37.3 Å². The molecule has 0 amide bonds. The summed E-state index contributed by atoms with van der Waals surface area (Å²) < 4.78 is 18.2. The fourth-order valence-electron chi connectivity index (χ4n) is 1.26. The quantitative estimate of drug-likeness (QED) is 0.264. The highest BCUT2D eigenvalue weighted by Crippen LogP contribution is 2.13. The molecule has 0 aliphatic rings. The van der Waals surface area contributed by atoms with Crippen molar-refractivity contribution < 1.29 is 18.7 Å². The summed E-state index contributed by atoms with van der Waals surface area (Å²) in [6.07, 6.45) is 2.57. The lowest BCUT2D eigenvalue weighted by molar-refractivity contribution is -0.139. The van der Waals surface area contributed by atoms with E-state index < -0.39 is 17.6 Å². The molecule has 0 bridgehead atoms. The average molecular weight is 248 g/mol. The van der Waals surface area contributed by atoms with Crippen molar-refractivity contribution in [3.8, 4) is 0 Å². The van der Waals surface area contributed by atoms with Gasteiger partial charge in [0.1, 0.15) is 18.0 Å². The van der Waals surface area contributed by atoms with Gasteiger partial charge in [0.15, 0.2) is 5.78 Å². The van der Waals surface area contributed by atoms with Crippen LogP contribution in [0.1, 0.15) is 12.5 Å². The van der Waals surface area contributed by atoms with Gasteiger partial charge in [0.05, 0.1) is 0 Å². The SMILES string of the molecule is C=CCOC(=O)/C(=C/c1ccccc1F)C(C)=O. The lowest BCUT2D eigenvalue weighted by atomic mass is 10.1. The number of benzene rings is 1. The number of Topliss-reactive ketones (excluding diaryl/α,β-unsaturated/α-hetero) is 1. The number of esters is 1. The summed E-state index contributed by atoms with van der Waals surface area (Å²) in [6, 6.07) is 5.86. The summed E-state index contributed by atoms with van der Waals surface area (Å²) in [5, 5.41) is 0. The van der Waals surface area contributed by atoms with Crippen LogP contribution in [0, 0.1) is 5.82 Å². The van der Waals surface area contributed by atoms with Crippen molar-refractivity contribution in [2.45, 2.75) is 6.92 Å². The third kappa shape index (κ3) is 3.66. The molecule has 0 aliphatic heterocycles. The zero-order valence-corrected chi connectivity index (χ0v) is 9.98. The first-order chi connectivity index (χ1) is 8.56. The Morgan fingerprint density at radius 2 is 2.06 bits per heavy atom. The molecule has 0 saturated carbocycles. The van der Waals surface area contributed by atoms with Gasteiger partial charge in [0.2, 0.25) is 0 Å². The van der Waals surface area contributed by atoms with Crippen molar-refractivity contribution in [3.63, 3.8) is 0 Å². The van der Waals surface area contributed by atoms with E-state index in [1.54, 1.807) is 6.07 Å². The second-order valence-corrected chi connectivity index (χ2v) is 3.52. The second kappa shape index (κ2) is 6.49. The van der Waals surface area contributed by atoms with Gasteiger partial charge in [-0.3, -0.25) is 4.79 Å². The summed E-state index contributed by atoms with van der Waals surface area (Å²) in [5.41, 5.74) is -0.0276. The highest BCUT2D eigenvalue weighted by Gasteiger charge is 2.16. The molecule has 4 heteroatoms. The Bertz CT molecular complexity index is 504. The molecule has 0 N–H and O–H groups in total. The molecule has 1 rings (SSSR count). The Hall–Kier alpha value is -2.23. The number of ether oxygens (including phenoxy) is 1. The van der Waals surface area contributed by atoms with E-state index in [2.05, 4.69) is 6.58 Å². The molecule has 0 aromatic heterocycles. The van der Waals surface area contributed by atoms with Crippen molar-refractivity contribution >= 4 is 17.8 Å². The molecule has 0 atom stereocenters. The molecule has 0 saturated heterocycles. The molecule has 94 valence electrons. The van der Waals surface area contributed by atoms with E-state index in [-0.39, 0.29) is 17.7 Å². The minimum atomic E-state index is -0.786. The van der Waals surface area contributed by atoms with Crippen LogP contribution in [-0.2, 0) is 14.3 Å². The van der Waals surface area contributed by atoms with Crippen molar-refractivity contribution in [1.82, 2.24) is 0 Å². The van der Waals surface area contributed by atoms with Crippen molar-refractivity contribution in [2.24, 2.45) is 0 Å². The first-order valence-electron chi connectivity index (χ1n) is 5.31. The molecular formula is C14H13FO3. The topological polar surface area (TPSA) is 43.4 Å². The molecule has 3 nitrogen and oxygen atoms in total. The molecule has 0 heterocycles. The Morgan fingerprint density at radius 3 is 2.61 bits per heavy atom. The average Bonchev–Trinajstić information content (AvgIpc) is 2.34. The largest absolute Gasteiger partial charge is 0.458 e. The first kappa shape index (κ1) is 13.8. The maximum Gasteiger partial charge on any atom is 0.342 e. The van der Waals surface area contributed by atoms with E-state index in [0.29, 0.717) is 0 Å². The molecule has 0 fully saturated rings. The standard InChI is InChI=1S/C14H13FO3/c1-3-8-18-14(17)12(10(2)16)9-11-6-4-5-7-13(11)15/h3-7,9H,1,8H2,2H3/b12-9+. The van der Waals surface area contributed by atoms with Gasteiger partial charge in [-0.1, -0.05) is 30.9 Å². The van der Waals surface area contributed by atoms with Crippen LogP contribution >= 0.6 is 0 Å². The second-order valence-electron chi connectivity index (χ2n) is 3.52. The maximum atomic E-state index is 13.4. The first-order valence-corrected chi connectivity index (χ1v) is 5.31. The smallest absolute Gasteiger partial charge is 0.342 e. The highest BCUT2D eigenvalue weighted by atomic mass is 19.1. The van der Waals surface area contributed by atoms with Crippen LogP contribution in [0.5, 0.6) is 0 Å². The third-order valence-electron chi connectivity index (χ3n) is 2.14. The Labute approximate surface area is 105 Å². The monoisotopic (exact) mass is 248 g/mol. The van der Waals surface area contributed by atoms with Crippen LogP contribution in [0.25, 0.3) is 6.08 Å². The van der Waals surface area contributed by atoms with E-state index in [0.717, 1.165) is 0 Å². The maximum absolute atomic E-state index is 13.4. The van der Waals surface area contributed by atoms with Gasteiger partial charge in [0, 0.05) is 5.56 Å². The van der Waals surface area contributed by atoms with Crippen molar-refractivity contribution in [3.05, 3.63) is 53.9 Å². The predicted octanol–water partition coefficient (Wildman–Crippen LogP) is 2.53. The molecule has 0 aliphatic carbocycles. The molecule has 18 heavy (non-hydrogen) atoms. The van der Waals surface area contributed by atoms with E-state index >= 15 is 0 Å². The van der Waals surface area contributed by atoms with Crippen LogP contribution in [0.2, 0.25) is 0 Å². The van der Waals surface area contributed by atoms with Gasteiger partial charge in [-0.25, -0.2) is 9.18 Å². The van der Waals surface area contributed by atoms with Gasteiger partial charge >= 0.3 is 5.97 Å². The minimum absolute atomic E-state index is 0.000719. The van der Waals surface area contributed by atoms with Gasteiger partial charge in [0.25, 0.3) is 0 Å². The minimum Gasteiger partial charge on any atom is -0.458 e. The summed E-state index contributed by atoms with van der Waals surface area (Å²) >= 11 is 0. The number of carbonyl (C=O) groups is 2. The summed E-state index contributed by atoms with van der Waals surface area (Å²) in [6.45, 7) is 4.62. The Kier molecular flexibility index (Phi) is 4.99. The summed E-state index contributed by atoms with van der Waals surface area (Å²) in [4.78, 5) is 22.9. The van der Waals surface area contributed by atoms with Gasteiger partial charge in [-0.15, -0.1) is 0 Å². The third-order valence-corrected chi connectivity index (χ3v) is 2.14. The Balaban J connectivity index is 3.05. The van der Waals surface area contributed by atoms with Gasteiger partial charge in [-0.05, 0) is 19.1 Å². The van der Waals surface area contributed by atoms with Crippen molar-refractivity contribution in [1.29, 1.82) is 0 Å². The summed E-state index contributed by atoms with van der Waals surface area (Å²) in [5.74, 6) is -1.77. The van der Waals surface area contributed by atoms with Crippen molar-refractivity contribution in [2.75, 3.05) is 6.61 Å². The van der Waals surface area contributed by atoms with Crippen LogP contribution < -0.4 is 0 Å². The molecule has 1 aromatic carbocycles. The molecule has 1 aromatic rings. The number of carbonyl (C=O) groups excluding carboxylic acids is 2. The number of halogens is 1. The number of hydrogen-bond donors (Lipinski definition) is 0. The number of hydrogen-bond acceptors (Lipinski definition) is 3. The number of rotatable bonds is 5. The van der Waals surface area contributed by atoms with Crippen LogP contribution in [0.3, 0.4) is 0 Å². The van der Waals surface area contributed by atoms with Crippen LogP contribution in [0.15, 0.2) is 42.5 Å². The van der Waals surface area contributed by atoms with Gasteiger partial charge < -0.3 is 4.74 Å². The van der Waals surface area contributed by atoms with E-state index in [9.17, 15) is 14.0 Å².